The second-order valence-electron chi connectivity index (χ2n) is 10.4. The summed E-state index contributed by atoms with van der Waals surface area (Å²) < 4.78 is 25.4. The van der Waals surface area contributed by atoms with Crippen molar-refractivity contribution in [1.29, 1.82) is 0 Å². The predicted molar refractivity (Wildman–Crippen MR) is 164 cm³/mol. The van der Waals surface area contributed by atoms with E-state index < -0.39 is 0 Å². The molecule has 0 fully saturated rings. The van der Waals surface area contributed by atoms with E-state index in [4.69, 9.17) is 9.15 Å². The molecule has 0 saturated carbocycles. The summed E-state index contributed by atoms with van der Waals surface area (Å²) in [5.41, 5.74) is 5.29. The number of rotatable bonds is 9. The molecule has 0 aliphatic heterocycles. The van der Waals surface area contributed by atoms with Crippen LogP contribution in [-0.4, -0.2) is 32.0 Å². The number of amides is 2. The summed E-state index contributed by atoms with van der Waals surface area (Å²) in [6, 6.07) is 24.9. The number of hydrogen-bond acceptors (Lipinski definition) is 4. The Morgan fingerprint density at radius 2 is 1.57 bits per heavy atom. The molecule has 0 aliphatic carbocycles. The molecule has 7 heteroatoms. The Morgan fingerprint density at radius 3 is 2.29 bits per heavy atom. The van der Waals surface area contributed by atoms with Gasteiger partial charge >= 0.3 is 0 Å². The summed E-state index contributed by atoms with van der Waals surface area (Å²) in [7, 11) is 1.56. The van der Waals surface area contributed by atoms with E-state index in [1.54, 1.807) is 19.2 Å². The van der Waals surface area contributed by atoms with Crippen LogP contribution in [0.15, 0.2) is 89.3 Å². The molecule has 0 aliphatic rings. The first-order valence-electron chi connectivity index (χ1n) is 14.0. The number of hydrogen-bond donors (Lipinski definition) is 2. The van der Waals surface area contributed by atoms with Crippen molar-refractivity contribution >= 4 is 22.8 Å². The van der Waals surface area contributed by atoms with E-state index >= 15 is 0 Å². The van der Waals surface area contributed by atoms with Gasteiger partial charge in [0, 0.05) is 30.1 Å². The van der Waals surface area contributed by atoms with Gasteiger partial charge in [0.2, 0.25) is 0 Å². The first kappa shape index (κ1) is 28.6. The largest absolute Gasteiger partial charge is 0.494 e. The molecule has 214 valence electrons. The smallest absolute Gasteiger partial charge is 0.255 e. The molecule has 5 rings (SSSR count). The SMILES string of the molecule is CCOc1cccc(-c2ccc(-c3ccc4oc(-c5ccc(F)cc5)c(C(=O)NC)c4c3)cc2C(=O)NCC(C)C)c1. The lowest BCUT2D eigenvalue weighted by atomic mass is 9.93. The van der Waals surface area contributed by atoms with Crippen molar-refractivity contribution in [2.45, 2.75) is 20.8 Å². The lowest BCUT2D eigenvalue weighted by Gasteiger charge is -2.15. The number of ether oxygens (including phenoxy) is 1. The molecule has 0 unspecified atom stereocenters. The van der Waals surface area contributed by atoms with Crippen molar-refractivity contribution in [2.75, 3.05) is 20.2 Å². The molecule has 0 atom stereocenters. The van der Waals surface area contributed by atoms with Gasteiger partial charge in [-0.25, -0.2) is 4.39 Å². The van der Waals surface area contributed by atoms with Crippen molar-refractivity contribution in [3.05, 3.63) is 102 Å². The Morgan fingerprint density at radius 1 is 0.857 bits per heavy atom. The third kappa shape index (κ3) is 5.91. The van der Waals surface area contributed by atoms with Gasteiger partial charge in [0.1, 0.15) is 22.9 Å². The van der Waals surface area contributed by atoms with Crippen LogP contribution in [0.2, 0.25) is 0 Å². The summed E-state index contributed by atoms with van der Waals surface area (Å²) >= 11 is 0. The zero-order chi connectivity index (χ0) is 29.8. The Kier molecular flexibility index (Phi) is 8.38. The zero-order valence-electron chi connectivity index (χ0n) is 24.1. The number of nitrogens with one attached hydrogen (secondary N) is 2. The second kappa shape index (κ2) is 12.3. The molecule has 0 spiro atoms. The Labute approximate surface area is 244 Å². The van der Waals surface area contributed by atoms with Gasteiger partial charge in [0.25, 0.3) is 11.8 Å². The minimum Gasteiger partial charge on any atom is -0.494 e. The number of fused-ring (bicyclic) bond motifs is 1. The number of benzene rings is 4. The molecule has 6 nitrogen and oxygen atoms in total. The van der Waals surface area contributed by atoms with Crippen LogP contribution < -0.4 is 15.4 Å². The fraction of sp³-hybridized carbons (Fsp3) is 0.200. The number of carbonyl (C=O) groups is 2. The van der Waals surface area contributed by atoms with Gasteiger partial charge < -0.3 is 19.8 Å². The predicted octanol–water partition coefficient (Wildman–Crippen LogP) is 7.72. The second-order valence-corrected chi connectivity index (χ2v) is 10.4. The molecule has 42 heavy (non-hydrogen) atoms. The molecule has 2 N–H and O–H groups in total. The van der Waals surface area contributed by atoms with Crippen LogP contribution in [0.25, 0.3) is 44.5 Å². The van der Waals surface area contributed by atoms with Crippen LogP contribution in [0.1, 0.15) is 41.5 Å². The summed E-state index contributed by atoms with van der Waals surface area (Å²) in [4.78, 5) is 26.5. The minimum absolute atomic E-state index is 0.170. The van der Waals surface area contributed by atoms with E-state index in [1.807, 2.05) is 81.4 Å². The quantitative estimate of drug-likeness (QED) is 0.192. The maximum atomic E-state index is 13.6. The van der Waals surface area contributed by atoms with Crippen LogP contribution in [-0.2, 0) is 0 Å². The van der Waals surface area contributed by atoms with Gasteiger partial charge in [0.05, 0.1) is 12.2 Å². The Hall–Kier alpha value is -4.91. The summed E-state index contributed by atoms with van der Waals surface area (Å²) in [5, 5.41) is 6.36. The number of furan rings is 1. The van der Waals surface area contributed by atoms with Crippen LogP contribution in [0.3, 0.4) is 0 Å². The molecule has 2 amide bonds. The van der Waals surface area contributed by atoms with Crippen LogP contribution in [0.4, 0.5) is 4.39 Å². The van der Waals surface area contributed by atoms with E-state index in [2.05, 4.69) is 10.6 Å². The first-order valence-corrected chi connectivity index (χ1v) is 14.0. The van der Waals surface area contributed by atoms with Crippen molar-refractivity contribution in [3.63, 3.8) is 0 Å². The fourth-order valence-corrected chi connectivity index (χ4v) is 4.91. The molecule has 0 bridgehead atoms. The molecule has 1 aromatic heterocycles. The maximum absolute atomic E-state index is 13.6. The fourth-order valence-electron chi connectivity index (χ4n) is 4.91. The molecular weight excluding hydrogens is 531 g/mol. The highest BCUT2D eigenvalue weighted by Gasteiger charge is 2.23. The Bertz CT molecular complexity index is 1760. The zero-order valence-corrected chi connectivity index (χ0v) is 24.1. The van der Waals surface area contributed by atoms with E-state index in [1.165, 1.54) is 12.1 Å². The van der Waals surface area contributed by atoms with Gasteiger partial charge in [-0.2, -0.15) is 0 Å². The van der Waals surface area contributed by atoms with Gasteiger partial charge in [0.15, 0.2) is 0 Å². The summed E-state index contributed by atoms with van der Waals surface area (Å²) in [6.45, 7) is 7.12. The average Bonchev–Trinajstić information content (AvgIpc) is 3.38. The highest BCUT2D eigenvalue weighted by atomic mass is 19.1. The molecule has 0 radical (unpaired) electrons. The standard InChI is InChI=1S/C35H33FN2O4/c1-5-41-27-8-6-7-25(17-27)28-15-11-23(18-29(28)34(39)38-20-21(2)3)24-12-16-31-30(19-24)32(35(40)37-4)33(42-31)22-9-13-26(36)14-10-22/h6-19,21H,5,20H2,1-4H3,(H,37,40)(H,38,39). The highest BCUT2D eigenvalue weighted by Crippen LogP contribution is 2.37. The maximum Gasteiger partial charge on any atom is 0.255 e. The van der Waals surface area contributed by atoms with Gasteiger partial charge in [-0.05, 0) is 89.7 Å². The first-order chi connectivity index (χ1) is 20.3. The van der Waals surface area contributed by atoms with Crippen molar-refractivity contribution < 1.29 is 23.1 Å². The molecule has 1 heterocycles. The van der Waals surface area contributed by atoms with Crippen LogP contribution in [0, 0.1) is 11.7 Å². The van der Waals surface area contributed by atoms with E-state index in [0.29, 0.717) is 52.5 Å². The lowest BCUT2D eigenvalue weighted by molar-refractivity contribution is 0.0946. The summed E-state index contributed by atoms with van der Waals surface area (Å²) in [5.74, 6) is 0.528. The molecule has 4 aromatic carbocycles. The number of carbonyl (C=O) groups excluding carboxylic acids is 2. The Balaban J connectivity index is 1.63. The normalized spacial score (nSPS) is 11.1. The highest BCUT2D eigenvalue weighted by molar-refractivity contribution is 6.12. The monoisotopic (exact) mass is 564 g/mol. The molecule has 5 aromatic rings. The third-order valence-electron chi connectivity index (χ3n) is 6.97. The minimum atomic E-state index is -0.375. The van der Waals surface area contributed by atoms with E-state index in [9.17, 15) is 14.0 Å². The topological polar surface area (TPSA) is 80.6 Å². The molecule has 0 saturated heterocycles. The third-order valence-corrected chi connectivity index (χ3v) is 6.97. The molecular formula is C35H33FN2O4. The van der Waals surface area contributed by atoms with Gasteiger partial charge in [-0.1, -0.05) is 44.2 Å². The van der Waals surface area contributed by atoms with Crippen molar-refractivity contribution in [2.24, 2.45) is 5.92 Å². The van der Waals surface area contributed by atoms with Gasteiger partial charge in [-0.15, -0.1) is 0 Å². The van der Waals surface area contributed by atoms with Crippen LogP contribution >= 0.6 is 0 Å². The van der Waals surface area contributed by atoms with Gasteiger partial charge in [-0.3, -0.25) is 9.59 Å². The van der Waals surface area contributed by atoms with Crippen LogP contribution in [0.5, 0.6) is 5.75 Å². The average molecular weight is 565 g/mol. The van der Waals surface area contributed by atoms with Crippen molar-refractivity contribution in [1.82, 2.24) is 10.6 Å². The van der Waals surface area contributed by atoms with E-state index in [0.717, 1.165) is 28.0 Å². The van der Waals surface area contributed by atoms with Crippen molar-refractivity contribution in [3.8, 4) is 39.3 Å². The summed E-state index contributed by atoms with van der Waals surface area (Å²) in [6.07, 6.45) is 0. The lowest BCUT2D eigenvalue weighted by Crippen LogP contribution is -2.27. The van der Waals surface area contributed by atoms with E-state index in [-0.39, 0.29) is 17.6 Å². The number of halogens is 1.